The summed E-state index contributed by atoms with van der Waals surface area (Å²) >= 11 is 6.15. The first kappa shape index (κ1) is 25.8. The van der Waals surface area contributed by atoms with E-state index in [0.717, 1.165) is 23.1 Å². The average Bonchev–Trinajstić information content (AvgIpc) is 3.51. The highest BCUT2D eigenvalue weighted by Gasteiger charge is 2.72. The smallest absolute Gasteiger partial charge is 0.238 e. The first-order valence-corrected chi connectivity index (χ1v) is 12.8. The van der Waals surface area contributed by atoms with E-state index in [1.54, 1.807) is 55.5 Å². The molecule has 0 N–H and O–H groups in total. The molecule has 3 aromatic rings. The molecule has 2 amide bonds. The van der Waals surface area contributed by atoms with Crippen LogP contribution in [-0.2, 0) is 9.59 Å². The standard InChI is InChI=1S/C27H21ClN2O3.C3H7NO/c1-16-6-8-17(9-7-16)23-27(25(32)20-4-2-3-5-21(20)26(27)33)24(18-10-12-19(28)13-11-18)30-22(31)14-15-29(23)30;1-4(2)3-5/h2-13,23-24H,14-15H2,1H3;3H,1-2H3/t23-,24+;/m0./s1. The van der Waals surface area contributed by atoms with E-state index >= 15 is 0 Å². The van der Waals surface area contributed by atoms with E-state index in [9.17, 15) is 19.2 Å². The number of aryl methyl sites for hydroxylation is 1. The molecule has 3 aromatic carbocycles. The highest BCUT2D eigenvalue weighted by molar-refractivity contribution is 6.31. The monoisotopic (exact) mass is 529 g/mol. The van der Waals surface area contributed by atoms with Gasteiger partial charge in [0.15, 0.2) is 11.6 Å². The minimum absolute atomic E-state index is 0.0829. The van der Waals surface area contributed by atoms with E-state index < -0.39 is 17.5 Å². The first-order valence-electron chi connectivity index (χ1n) is 12.4. The van der Waals surface area contributed by atoms with Crippen molar-refractivity contribution in [2.75, 3.05) is 20.6 Å². The largest absolute Gasteiger partial charge is 0.351 e. The number of carbonyl (C=O) groups is 4. The maximum Gasteiger partial charge on any atom is 0.238 e. The Balaban J connectivity index is 0.000000540. The summed E-state index contributed by atoms with van der Waals surface area (Å²) in [7, 11) is 3.38. The Labute approximate surface area is 226 Å². The number of hydrogen-bond acceptors (Lipinski definition) is 5. The Hall–Kier alpha value is -3.81. The second kappa shape index (κ2) is 9.82. The third-order valence-corrected chi connectivity index (χ3v) is 7.70. The topological polar surface area (TPSA) is 78.0 Å². The van der Waals surface area contributed by atoms with E-state index in [4.69, 9.17) is 11.6 Å². The van der Waals surface area contributed by atoms with E-state index in [0.29, 0.717) is 29.1 Å². The molecule has 7 nitrogen and oxygen atoms in total. The summed E-state index contributed by atoms with van der Waals surface area (Å²) in [6, 6.07) is 20.7. The number of fused-ring (bicyclic) bond motifs is 2. The van der Waals surface area contributed by atoms with Crippen LogP contribution in [0.15, 0.2) is 72.8 Å². The number of halogens is 1. The van der Waals surface area contributed by atoms with E-state index in [1.165, 1.54) is 4.90 Å². The molecule has 194 valence electrons. The van der Waals surface area contributed by atoms with Gasteiger partial charge in [-0.3, -0.25) is 24.2 Å². The molecule has 0 aromatic heterocycles. The molecule has 2 saturated heterocycles. The third-order valence-electron chi connectivity index (χ3n) is 7.45. The number of ketones is 2. The van der Waals surface area contributed by atoms with Crippen LogP contribution in [0.5, 0.6) is 0 Å². The van der Waals surface area contributed by atoms with Crippen LogP contribution in [0.25, 0.3) is 0 Å². The maximum absolute atomic E-state index is 14.3. The van der Waals surface area contributed by atoms with Crippen LogP contribution in [0.4, 0.5) is 0 Å². The fourth-order valence-electron chi connectivity index (χ4n) is 5.86. The molecule has 0 unspecified atom stereocenters. The van der Waals surface area contributed by atoms with E-state index in [-0.39, 0.29) is 17.5 Å². The lowest BCUT2D eigenvalue weighted by Gasteiger charge is -2.34. The van der Waals surface area contributed by atoms with E-state index in [2.05, 4.69) is 0 Å². The van der Waals surface area contributed by atoms with Crippen LogP contribution in [0.2, 0.25) is 5.02 Å². The van der Waals surface area contributed by atoms with Gasteiger partial charge >= 0.3 is 0 Å². The lowest BCUT2D eigenvalue weighted by atomic mass is 9.66. The predicted octanol–water partition coefficient (Wildman–Crippen LogP) is 4.66. The highest BCUT2D eigenvalue weighted by atomic mass is 35.5. The Morgan fingerprint density at radius 1 is 0.842 bits per heavy atom. The van der Waals surface area contributed by atoms with Crippen molar-refractivity contribution in [2.24, 2.45) is 5.41 Å². The van der Waals surface area contributed by atoms with Gasteiger partial charge in [-0.15, -0.1) is 0 Å². The molecular weight excluding hydrogens is 502 g/mol. The van der Waals surface area contributed by atoms with Gasteiger partial charge in [-0.05, 0) is 30.2 Å². The summed E-state index contributed by atoms with van der Waals surface area (Å²) in [5.74, 6) is -0.535. The van der Waals surface area contributed by atoms with Gasteiger partial charge in [0.2, 0.25) is 12.3 Å². The lowest BCUT2D eigenvalue weighted by Crippen LogP contribution is -2.44. The van der Waals surface area contributed by atoms with Crippen molar-refractivity contribution in [3.8, 4) is 0 Å². The van der Waals surface area contributed by atoms with Gasteiger partial charge < -0.3 is 4.90 Å². The van der Waals surface area contributed by atoms with Gasteiger partial charge in [0.1, 0.15) is 5.41 Å². The number of rotatable bonds is 3. The van der Waals surface area contributed by atoms with Gasteiger partial charge in [-0.2, -0.15) is 0 Å². The van der Waals surface area contributed by atoms with Crippen LogP contribution < -0.4 is 0 Å². The molecule has 1 aliphatic carbocycles. The molecule has 8 heteroatoms. The van der Waals surface area contributed by atoms with Gasteiger partial charge in [0.25, 0.3) is 0 Å². The Bertz CT molecular complexity index is 1380. The lowest BCUT2D eigenvalue weighted by molar-refractivity contribution is -0.138. The van der Waals surface area contributed by atoms with Crippen molar-refractivity contribution in [1.29, 1.82) is 0 Å². The summed E-state index contributed by atoms with van der Waals surface area (Å²) in [6.45, 7) is 2.46. The van der Waals surface area contributed by atoms with Crippen LogP contribution in [-0.4, -0.2) is 59.4 Å². The van der Waals surface area contributed by atoms with Crippen molar-refractivity contribution < 1.29 is 19.2 Å². The quantitative estimate of drug-likeness (QED) is 0.364. The summed E-state index contributed by atoms with van der Waals surface area (Å²) in [5.41, 5.74) is 2.04. The minimum atomic E-state index is -1.47. The molecule has 6 rings (SSSR count). The van der Waals surface area contributed by atoms with Crippen molar-refractivity contribution in [3.63, 3.8) is 0 Å². The predicted molar refractivity (Wildman–Crippen MR) is 144 cm³/mol. The molecule has 2 atom stereocenters. The van der Waals surface area contributed by atoms with Gasteiger partial charge in [0.05, 0.1) is 12.1 Å². The van der Waals surface area contributed by atoms with Crippen LogP contribution in [0.1, 0.15) is 55.9 Å². The highest BCUT2D eigenvalue weighted by Crippen LogP contribution is 2.63. The SMILES string of the molecule is CN(C)C=O.Cc1ccc([C@@H]2N3CCC(=O)N3[C@H](c3ccc(Cl)cc3)C23C(=O)c2ccccc2C3=O)cc1. The summed E-state index contributed by atoms with van der Waals surface area (Å²) in [4.78, 5) is 52.6. The second-order valence-corrected chi connectivity index (χ2v) is 10.5. The molecule has 2 fully saturated rings. The summed E-state index contributed by atoms with van der Waals surface area (Å²) in [6.07, 6.45) is 1.10. The Morgan fingerprint density at radius 3 is 1.87 bits per heavy atom. The number of hydrogen-bond donors (Lipinski definition) is 0. The molecule has 3 aliphatic rings. The number of Topliss-reactive ketones (excluding diaryl/α,β-unsaturated/α-hetero) is 2. The van der Waals surface area contributed by atoms with Crippen molar-refractivity contribution in [2.45, 2.75) is 25.4 Å². The average molecular weight is 530 g/mol. The number of benzene rings is 3. The number of amides is 2. The zero-order chi connectivity index (χ0) is 27.2. The molecule has 38 heavy (non-hydrogen) atoms. The van der Waals surface area contributed by atoms with Crippen LogP contribution >= 0.6 is 11.6 Å². The van der Waals surface area contributed by atoms with Crippen molar-refractivity contribution in [1.82, 2.24) is 14.9 Å². The fourth-order valence-corrected chi connectivity index (χ4v) is 5.98. The fraction of sp³-hybridized carbons (Fsp3) is 0.267. The zero-order valence-electron chi connectivity index (χ0n) is 21.4. The maximum atomic E-state index is 14.3. The van der Waals surface area contributed by atoms with Crippen LogP contribution in [0.3, 0.4) is 0 Å². The number of hydrazine groups is 1. The van der Waals surface area contributed by atoms with Gasteiger partial charge in [-0.1, -0.05) is 77.8 Å². The van der Waals surface area contributed by atoms with Gasteiger partial charge in [0, 0.05) is 43.2 Å². The number of carbonyl (C=O) groups excluding carboxylic acids is 4. The molecule has 0 bridgehead atoms. The molecule has 1 spiro atoms. The molecular formula is C30H28ClN3O4. The summed E-state index contributed by atoms with van der Waals surface area (Å²) in [5, 5.41) is 4.15. The molecule has 0 saturated carbocycles. The number of nitrogens with zero attached hydrogens (tertiary/aromatic N) is 3. The minimum Gasteiger partial charge on any atom is -0.351 e. The zero-order valence-corrected chi connectivity index (χ0v) is 22.2. The Kier molecular flexibility index (Phi) is 6.67. The van der Waals surface area contributed by atoms with E-state index in [1.807, 2.05) is 48.3 Å². The molecule has 0 radical (unpaired) electrons. The second-order valence-electron chi connectivity index (χ2n) is 10.1. The summed E-state index contributed by atoms with van der Waals surface area (Å²) < 4.78 is 0. The first-order chi connectivity index (χ1) is 18.2. The van der Waals surface area contributed by atoms with Crippen LogP contribution in [0, 0.1) is 12.3 Å². The Morgan fingerprint density at radius 2 is 1.34 bits per heavy atom. The van der Waals surface area contributed by atoms with Gasteiger partial charge in [-0.25, -0.2) is 5.01 Å². The third kappa shape index (κ3) is 3.85. The molecule has 2 aliphatic heterocycles. The van der Waals surface area contributed by atoms with Crippen molar-refractivity contribution in [3.05, 3.63) is 106 Å². The molecule has 2 heterocycles. The van der Waals surface area contributed by atoms with Crippen molar-refractivity contribution >= 4 is 35.5 Å². The normalized spacial score (nSPS) is 21.3.